The van der Waals surface area contributed by atoms with Crippen LogP contribution in [0.4, 0.5) is 52.7 Å². The van der Waals surface area contributed by atoms with Crippen LogP contribution in [0, 0.1) is 13.8 Å². The highest BCUT2D eigenvalue weighted by Gasteiger charge is 2.45. The van der Waals surface area contributed by atoms with Gasteiger partial charge in [-0.15, -0.1) is 0 Å². The van der Waals surface area contributed by atoms with Crippen LogP contribution in [0.1, 0.15) is 33.4 Å². The maximum atomic E-state index is 13.9. The molecule has 0 amide bonds. The number of aromatic amines is 2. The summed E-state index contributed by atoms with van der Waals surface area (Å²) in [6.45, 7) is 3.48. The summed E-state index contributed by atoms with van der Waals surface area (Å²) in [5.41, 5.74) is -6.91. The first kappa shape index (κ1) is 32.4. The second-order valence-corrected chi connectivity index (χ2v) is 12.9. The van der Waals surface area contributed by atoms with Crippen LogP contribution in [0.5, 0.6) is 0 Å². The van der Waals surface area contributed by atoms with E-state index in [1.54, 1.807) is 38.1 Å². The smallest absolute Gasteiger partial charge is 0.351 e. The summed E-state index contributed by atoms with van der Waals surface area (Å²) in [5.74, 6) is 0. The number of fused-ring (bicyclic) bond motifs is 10. The lowest BCUT2D eigenvalue weighted by atomic mass is 9.92. The van der Waals surface area contributed by atoms with Crippen molar-refractivity contribution in [2.45, 2.75) is 38.6 Å². The van der Waals surface area contributed by atoms with E-state index in [1.165, 1.54) is 0 Å². The minimum absolute atomic E-state index is 0.166. The molecular formula is C36H16F12N4. The summed E-state index contributed by atoms with van der Waals surface area (Å²) in [4.78, 5) is 14.8. The van der Waals surface area contributed by atoms with Crippen molar-refractivity contribution >= 4 is 87.2 Å². The van der Waals surface area contributed by atoms with Gasteiger partial charge < -0.3 is 9.97 Å². The zero-order chi connectivity index (χ0) is 37.2. The summed E-state index contributed by atoms with van der Waals surface area (Å²) >= 11 is 0. The quantitative estimate of drug-likeness (QED) is 0.120. The van der Waals surface area contributed by atoms with Crippen LogP contribution < -0.4 is 0 Å². The molecule has 4 nitrogen and oxygen atoms in total. The van der Waals surface area contributed by atoms with E-state index < -0.39 is 47.0 Å². The van der Waals surface area contributed by atoms with Gasteiger partial charge in [-0.05, 0) is 60.0 Å². The van der Waals surface area contributed by atoms with Gasteiger partial charge in [0.1, 0.15) is 0 Å². The van der Waals surface area contributed by atoms with Crippen LogP contribution in [0.15, 0.2) is 48.5 Å². The van der Waals surface area contributed by atoms with Gasteiger partial charge in [-0.3, -0.25) is 0 Å². The van der Waals surface area contributed by atoms with Crippen molar-refractivity contribution < 1.29 is 52.7 Å². The van der Waals surface area contributed by atoms with Crippen LogP contribution >= 0.6 is 0 Å². The summed E-state index contributed by atoms with van der Waals surface area (Å²) in [6.07, 6.45) is -21.4. The molecule has 0 aliphatic rings. The number of H-pyrrole nitrogens is 2. The van der Waals surface area contributed by atoms with Crippen LogP contribution in [0.25, 0.3) is 87.2 Å². The zero-order valence-corrected chi connectivity index (χ0v) is 26.0. The minimum atomic E-state index is -5.35. The average Bonchev–Trinajstić information content (AvgIpc) is 3.52. The van der Waals surface area contributed by atoms with Gasteiger partial charge in [-0.25, -0.2) is 9.97 Å². The predicted octanol–water partition coefficient (Wildman–Crippen LogP) is 12.5. The van der Waals surface area contributed by atoms with Crippen molar-refractivity contribution in [3.05, 3.63) is 81.9 Å². The Hall–Kier alpha value is -5.54. The zero-order valence-electron chi connectivity index (χ0n) is 26.0. The van der Waals surface area contributed by atoms with Gasteiger partial charge in [0.05, 0.1) is 66.4 Å². The molecule has 0 saturated carbocycles. The fourth-order valence-corrected chi connectivity index (χ4v) is 7.71. The number of rotatable bonds is 0. The molecule has 16 heteroatoms. The van der Waals surface area contributed by atoms with Gasteiger partial charge >= 0.3 is 24.7 Å². The highest BCUT2D eigenvalue weighted by molar-refractivity contribution is 6.47. The third-order valence-corrected chi connectivity index (χ3v) is 9.79. The van der Waals surface area contributed by atoms with Crippen molar-refractivity contribution in [2.75, 3.05) is 0 Å². The molecule has 2 heterocycles. The van der Waals surface area contributed by atoms with Gasteiger partial charge in [-0.2, -0.15) is 52.7 Å². The SMILES string of the molecule is Cc1ccc2c3nc4cc(C(F)(F)F)c(C(F)(F)F)cc4[nH]c3c3c4c(C)ccc5c6nc7cc(C(F)(F)F)c(C(F)(F)F)cc7[nH]c6c(c1c23)c54. The number of aryl methyl sites for hydroxylation is 2. The van der Waals surface area contributed by atoms with Crippen LogP contribution in [0.2, 0.25) is 0 Å². The molecule has 0 saturated heterocycles. The lowest BCUT2D eigenvalue weighted by molar-refractivity contribution is -0.161. The summed E-state index contributed by atoms with van der Waals surface area (Å²) in [5, 5.41) is 3.92. The Labute approximate surface area is 280 Å². The minimum Gasteiger partial charge on any atom is -0.351 e. The van der Waals surface area contributed by atoms with Gasteiger partial charge in [0, 0.05) is 32.3 Å². The number of halogens is 12. The van der Waals surface area contributed by atoms with Crippen LogP contribution in [0.3, 0.4) is 0 Å². The standard InChI is InChI=1S/C36H16F12N4/c1-11-3-5-13-25-23(11)27-26-14(30-31(27)51-21-9-17(35(43,44)45)15(33(37,38)39)7-19(21)50-30)6-4-12(2)24(26)28(25)32-29(13)49-20-8-16(34(40,41)42)18(36(46,47)48)10-22(20)52-32/h3-10,51-52H,1-2H3. The number of hydrogen-bond donors (Lipinski definition) is 2. The second-order valence-electron chi connectivity index (χ2n) is 12.9. The van der Waals surface area contributed by atoms with E-state index in [0.29, 0.717) is 78.5 Å². The lowest BCUT2D eigenvalue weighted by Crippen LogP contribution is -2.16. The van der Waals surface area contributed by atoms with Crippen molar-refractivity contribution in [3.63, 3.8) is 0 Å². The fraction of sp³-hybridized carbons (Fsp3) is 0.167. The maximum Gasteiger partial charge on any atom is 0.417 e. The number of hydrogen-bond acceptors (Lipinski definition) is 2. The van der Waals surface area contributed by atoms with Crippen molar-refractivity contribution in [1.82, 2.24) is 19.9 Å². The maximum absolute atomic E-state index is 13.9. The Morgan fingerprint density at radius 2 is 0.750 bits per heavy atom. The second kappa shape index (κ2) is 9.66. The predicted molar refractivity (Wildman–Crippen MR) is 171 cm³/mol. The molecule has 2 N–H and O–H groups in total. The summed E-state index contributed by atoms with van der Waals surface area (Å²) < 4.78 is 167. The van der Waals surface area contributed by atoms with Gasteiger partial charge in [0.2, 0.25) is 0 Å². The molecule has 0 aliphatic carbocycles. The van der Waals surface area contributed by atoms with E-state index in [2.05, 4.69) is 19.9 Å². The monoisotopic (exact) mass is 732 g/mol. The highest BCUT2D eigenvalue weighted by Crippen LogP contribution is 2.52. The largest absolute Gasteiger partial charge is 0.417 e. The van der Waals surface area contributed by atoms with Crippen LogP contribution in [-0.2, 0) is 24.7 Å². The summed E-state index contributed by atoms with van der Waals surface area (Å²) in [7, 11) is 0. The number of nitrogens with zero attached hydrogens (tertiary/aromatic N) is 2. The normalized spacial score (nSPS) is 14.0. The number of alkyl halides is 12. The Balaban J connectivity index is 1.49. The van der Waals surface area contributed by atoms with Gasteiger partial charge in [-0.1, -0.05) is 24.3 Å². The molecular weight excluding hydrogens is 716 g/mol. The van der Waals surface area contributed by atoms with Crippen molar-refractivity contribution in [3.8, 4) is 0 Å². The molecule has 0 bridgehead atoms. The molecule has 0 radical (unpaired) electrons. The molecule has 0 aliphatic heterocycles. The molecule has 0 atom stereocenters. The molecule has 9 rings (SSSR count). The Morgan fingerprint density at radius 3 is 1.08 bits per heavy atom. The molecule has 9 aromatic rings. The molecule has 2 aromatic heterocycles. The molecule has 52 heavy (non-hydrogen) atoms. The third-order valence-electron chi connectivity index (χ3n) is 9.79. The number of nitrogens with one attached hydrogen (secondary N) is 2. The Bertz CT molecular complexity index is 2820. The van der Waals surface area contributed by atoms with E-state index >= 15 is 0 Å². The molecule has 264 valence electrons. The lowest BCUT2D eigenvalue weighted by Gasteiger charge is -2.16. The highest BCUT2D eigenvalue weighted by atomic mass is 19.4. The van der Waals surface area contributed by atoms with Crippen molar-refractivity contribution in [2.24, 2.45) is 0 Å². The molecule has 0 fully saturated rings. The van der Waals surface area contributed by atoms with Gasteiger partial charge in [0.25, 0.3) is 0 Å². The van der Waals surface area contributed by atoms with E-state index in [1.807, 2.05) is 0 Å². The van der Waals surface area contributed by atoms with Crippen molar-refractivity contribution in [1.29, 1.82) is 0 Å². The van der Waals surface area contributed by atoms with E-state index in [-0.39, 0.29) is 44.1 Å². The topological polar surface area (TPSA) is 57.4 Å². The van der Waals surface area contributed by atoms with E-state index in [0.717, 1.165) is 0 Å². The first-order valence-electron chi connectivity index (χ1n) is 15.3. The summed E-state index contributed by atoms with van der Waals surface area (Å²) in [6, 6.07) is 8.15. The Kier molecular flexibility index (Phi) is 6.01. The molecule has 0 spiro atoms. The fourth-order valence-electron chi connectivity index (χ4n) is 7.71. The average molecular weight is 733 g/mol. The molecule has 0 unspecified atom stereocenters. The third kappa shape index (κ3) is 4.26. The van der Waals surface area contributed by atoms with Crippen LogP contribution in [-0.4, -0.2) is 19.9 Å². The first-order chi connectivity index (χ1) is 24.1. The number of aromatic nitrogens is 4. The molecule has 7 aromatic carbocycles. The number of benzene rings is 5. The van der Waals surface area contributed by atoms with Gasteiger partial charge in [0.15, 0.2) is 0 Å². The van der Waals surface area contributed by atoms with E-state index in [9.17, 15) is 52.7 Å². The van der Waals surface area contributed by atoms with E-state index in [4.69, 9.17) is 0 Å². The Morgan fingerprint density at radius 1 is 0.423 bits per heavy atom. The first-order valence-corrected chi connectivity index (χ1v) is 15.3.